The summed E-state index contributed by atoms with van der Waals surface area (Å²) in [5.74, 6) is 0. The molecule has 17 heavy (non-hydrogen) atoms. The minimum Gasteiger partial charge on any atom is -0.330 e. The van der Waals surface area contributed by atoms with Crippen LogP contribution in [0.1, 0.15) is 45.2 Å². The van der Waals surface area contributed by atoms with Crippen molar-refractivity contribution in [2.75, 3.05) is 6.54 Å². The molecule has 2 N–H and O–H groups in total. The Kier molecular flexibility index (Phi) is 4.16. The van der Waals surface area contributed by atoms with Crippen LogP contribution in [0, 0.1) is 0 Å². The monoisotopic (exact) mass is 231 g/mol. The first-order valence-corrected chi connectivity index (χ1v) is 6.25. The van der Waals surface area contributed by atoms with Crippen LogP contribution in [0.15, 0.2) is 36.9 Å². The average Bonchev–Trinajstić information content (AvgIpc) is 2.28. The van der Waals surface area contributed by atoms with Crippen molar-refractivity contribution >= 4 is 0 Å². The Bertz CT molecular complexity index is 370. The van der Waals surface area contributed by atoms with E-state index in [2.05, 4.69) is 58.5 Å². The van der Waals surface area contributed by atoms with Crippen LogP contribution < -0.4 is 5.73 Å². The molecular formula is C16H25N. The molecule has 0 spiro atoms. The minimum absolute atomic E-state index is 0.0121. The quantitative estimate of drug-likeness (QED) is 0.784. The second kappa shape index (κ2) is 5.05. The van der Waals surface area contributed by atoms with Crippen LogP contribution in [0.25, 0.3) is 0 Å². The van der Waals surface area contributed by atoms with Crippen molar-refractivity contribution in [1.29, 1.82) is 0 Å². The van der Waals surface area contributed by atoms with E-state index in [-0.39, 0.29) is 10.8 Å². The van der Waals surface area contributed by atoms with Crippen LogP contribution in [0.3, 0.4) is 0 Å². The molecule has 1 nitrogen and oxygen atoms in total. The number of nitrogens with two attached hydrogens (primary N) is 1. The summed E-state index contributed by atoms with van der Waals surface area (Å²) in [6, 6.07) is 8.84. The maximum atomic E-state index is 5.90. The van der Waals surface area contributed by atoms with E-state index in [4.69, 9.17) is 5.73 Å². The van der Waals surface area contributed by atoms with Crippen LogP contribution in [-0.4, -0.2) is 6.54 Å². The van der Waals surface area contributed by atoms with Crippen molar-refractivity contribution in [2.45, 2.75) is 44.9 Å². The second-order valence-electron chi connectivity index (χ2n) is 6.08. The normalized spacial score (nSPS) is 15.4. The van der Waals surface area contributed by atoms with Gasteiger partial charge in [0.05, 0.1) is 0 Å². The van der Waals surface area contributed by atoms with Crippen molar-refractivity contribution in [3.8, 4) is 0 Å². The Morgan fingerprint density at radius 3 is 1.88 bits per heavy atom. The number of hydrogen-bond acceptors (Lipinski definition) is 1. The van der Waals surface area contributed by atoms with Crippen molar-refractivity contribution in [3.63, 3.8) is 0 Å². The Labute approximate surface area is 106 Å². The van der Waals surface area contributed by atoms with Crippen LogP contribution in [0.2, 0.25) is 0 Å². The molecule has 1 aromatic rings. The highest BCUT2D eigenvalue weighted by Gasteiger charge is 2.24. The van der Waals surface area contributed by atoms with Crippen molar-refractivity contribution in [2.24, 2.45) is 5.73 Å². The molecule has 0 radical (unpaired) electrons. The highest BCUT2D eigenvalue weighted by molar-refractivity contribution is 5.32. The lowest BCUT2D eigenvalue weighted by Crippen LogP contribution is -2.31. The van der Waals surface area contributed by atoms with Gasteiger partial charge in [0.2, 0.25) is 0 Å². The molecule has 0 saturated carbocycles. The van der Waals surface area contributed by atoms with Crippen LogP contribution in [0.4, 0.5) is 0 Å². The van der Waals surface area contributed by atoms with Gasteiger partial charge in [-0.15, -0.1) is 6.58 Å². The number of benzene rings is 1. The zero-order valence-electron chi connectivity index (χ0n) is 11.6. The van der Waals surface area contributed by atoms with Crippen LogP contribution in [-0.2, 0) is 10.8 Å². The first kappa shape index (κ1) is 14.0. The standard InChI is InChI=1S/C16H25N/c1-6-11-16(5,12-17)14-9-7-13(8-10-14)15(2,3)4/h6-10H,1,11-12,17H2,2-5H3. The summed E-state index contributed by atoms with van der Waals surface area (Å²) in [6.45, 7) is 13.4. The van der Waals surface area contributed by atoms with Gasteiger partial charge in [-0.1, -0.05) is 58.0 Å². The second-order valence-corrected chi connectivity index (χ2v) is 6.08. The molecule has 0 aliphatic heterocycles. The largest absolute Gasteiger partial charge is 0.330 e. The smallest absolute Gasteiger partial charge is 0.00816 e. The summed E-state index contributed by atoms with van der Waals surface area (Å²) >= 11 is 0. The molecule has 1 atom stereocenters. The highest BCUT2D eigenvalue weighted by atomic mass is 14.6. The molecule has 0 fully saturated rings. The Morgan fingerprint density at radius 1 is 1.06 bits per heavy atom. The molecule has 1 rings (SSSR count). The molecular weight excluding hydrogens is 206 g/mol. The van der Waals surface area contributed by atoms with Crippen molar-refractivity contribution in [1.82, 2.24) is 0 Å². The van der Waals surface area contributed by atoms with Gasteiger partial charge < -0.3 is 5.73 Å². The first-order valence-electron chi connectivity index (χ1n) is 6.25. The fraction of sp³-hybridized carbons (Fsp3) is 0.500. The molecule has 1 aromatic carbocycles. The molecule has 0 amide bonds. The zero-order valence-corrected chi connectivity index (χ0v) is 11.6. The van der Waals surface area contributed by atoms with Gasteiger partial charge >= 0.3 is 0 Å². The Morgan fingerprint density at radius 2 is 1.53 bits per heavy atom. The molecule has 0 bridgehead atoms. The fourth-order valence-electron chi connectivity index (χ4n) is 2.01. The van der Waals surface area contributed by atoms with Crippen LogP contribution >= 0.6 is 0 Å². The van der Waals surface area contributed by atoms with E-state index in [9.17, 15) is 0 Å². The molecule has 0 saturated heterocycles. The predicted octanol–water partition coefficient (Wildman–Crippen LogP) is 3.78. The SMILES string of the molecule is C=CCC(C)(CN)c1ccc(C(C)(C)C)cc1. The van der Waals surface area contributed by atoms with Gasteiger partial charge in [0, 0.05) is 12.0 Å². The fourth-order valence-corrected chi connectivity index (χ4v) is 2.01. The van der Waals surface area contributed by atoms with Gasteiger partial charge in [-0.2, -0.15) is 0 Å². The maximum Gasteiger partial charge on any atom is 0.00816 e. The summed E-state index contributed by atoms with van der Waals surface area (Å²) < 4.78 is 0. The minimum atomic E-state index is 0.0121. The lowest BCUT2D eigenvalue weighted by Gasteiger charge is -2.28. The molecule has 0 aromatic heterocycles. The van der Waals surface area contributed by atoms with Gasteiger partial charge in [0.15, 0.2) is 0 Å². The molecule has 94 valence electrons. The third-order valence-electron chi connectivity index (χ3n) is 3.49. The van der Waals surface area contributed by atoms with Gasteiger partial charge in [-0.25, -0.2) is 0 Å². The van der Waals surface area contributed by atoms with Crippen molar-refractivity contribution < 1.29 is 0 Å². The zero-order chi connectivity index (χ0) is 13.1. The van der Waals surface area contributed by atoms with Gasteiger partial charge in [-0.3, -0.25) is 0 Å². The maximum absolute atomic E-state index is 5.90. The Hall–Kier alpha value is -1.08. The third-order valence-corrected chi connectivity index (χ3v) is 3.49. The van der Waals surface area contributed by atoms with E-state index in [0.717, 1.165) is 6.42 Å². The van der Waals surface area contributed by atoms with Gasteiger partial charge in [0.1, 0.15) is 0 Å². The van der Waals surface area contributed by atoms with Gasteiger partial charge in [-0.05, 0) is 23.0 Å². The third kappa shape index (κ3) is 3.19. The van der Waals surface area contributed by atoms with Gasteiger partial charge in [0.25, 0.3) is 0 Å². The van der Waals surface area contributed by atoms with Crippen LogP contribution in [0.5, 0.6) is 0 Å². The predicted molar refractivity (Wildman–Crippen MR) is 76.4 cm³/mol. The Balaban J connectivity index is 3.05. The molecule has 1 unspecified atom stereocenters. The summed E-state index contributed by atoms with van der Waals surface area (Å²) in [5.41, 5.74) is 8.78. The molecule has 0 aliphatic rings. The average molecular weight is 231 g/mol. The number of allylic oxidation sites excluding steroid dienone is 1. The van der Waals surface area contributed by atoms with E-state index < -0.39 is 0 Å². The van der Waals surface area contributed by atoms with E-state index in [1.54, 1.807) is 0 Å². The summed E-state index contributed by atoms with van der Waals surface area (Å²) in [6.07, 6.45) is 2.86. The molecule has 0 aliphatic carbocycles. The number of rotatable bonds is 4. The lowest BCUT2D eigenvalue weighted by molar-refractivity contribution is 0.490. The van der Waals surface area contributed by atoms with E-state index >= 15 is 0 Å². The highest BCUT2D eigenvalue weighted by Crippen LogP contribution is 2.29. The van der Waals surface area contributed by atoms with E-state index in [1.807, 2.05) is 6.08 Å². The lowest BCUT2D eigenvalue weighted by atomic mass is 9.78. The summed E-state index contributed by atoms with van der Waals surface area (Å²) in [5, 5.41) is 0. The molecule has 0 heterocycles. The van der Waals surface area contributed by atoms with Crippen molar-refractivity contribution in [3.05, 3.63) is 48.0 Å². The topological polar surface area (TPSA) is 26.0 Å². The first-order chi connectivity index (χ1) is 7.83. The summed E-state index contributed by atoms with van der Waals surface area (Å²) in [7, 11) is 0. The van der Waals surface area contributed by atoms with E-state index in [0.29, 0.717) is 6.54 Å². The number of hydrogen-bond donors (Lipinski definition) is 1. The van der Waals surface area contributed by atoms with E-state index in [1.165, 1.54) is 11.1 Å². The molecule has 1 heteroatoms. The summed E-state index contributed by atoms with van der Waals surface area (Å²) in [4.78, 5) is 0.